The zero-order chi connectivity index (χ0) is 14.4. The molecule has 110 valence electrons. The number of nitrogens with zero attached hydrogens (tertiary/aromatic N) is 1. The third kappa shape index (κ3) is 4.44. The van der Waals surface area contributed by atoms with Gasteiger partial charge in [-0.1, -0.05) is 12.2 Å². The van der Waals surface area contributed by atoms with E-state index in [1.807, 2.05) is 24.3 Å². The summed E-state index contributed by atoms with van der Waals surface area (Å²) in [6.07, 6.45) is 2.29. The van der Waals surface area contributed by atoms with Crippen molar-refractivity contribution < 1.29 is 9.84 Å². The minimum absolute atomic E-state index is 0.290. The topological polar surface area (TPSA) is 58.7 Å². The van der Waals surface area contributed by atoms with Gasteiger partial charge in [-0.3, -0.25) is 4.90 Å². The predicted molar refractivity (Wildman–Crippen MR) is 84.1 cm³/mol. The van der Waals surface area contributed by atoms with Crippen LogP contribution in [0.4, 0.5) is 0 Å². The molecule has 3 N–H and O–H groups in total. The standard InChI is InChI=1S/C15H22N2O2S/c16-15(20)13-3-5-14(6-4-13)19-9-8-17-7-1-2-12(10-17)11-18/h3-6,12,18H,1-2,7-11H2,(H2,16,20). The van der Waals surface area contributed by atoms with Crippen molar-refractivity contribution in [2.75, 3.05) is 32.8 Å². The third-order valence-electron chi connectivity index (χ3n) is 3.68. The fourth-order valence-corrected chi connectivity index (χ4v) is 2.65. The molecule has 1 fully saturated rings. The normalized spacial score (nSPS) is 19.8. The number of ether oxygens (including phenoxy) is 1. The molecule has 1 saturated heterocycles. The van der Waals surface area contributed by atoms with Gasteiger partial charge in [-0.05, 0) is 49.6 Å². The number of hydrogen-bond acceptors (Lipinski definition) is 4. The van der Waals surface area contributed by atoms with Gasteiger partial charge in [0, 0.05) is 25.3 Å². The number of hydrogen-bond donors (Lipinski definition) is 2. The molecule has 1 aliphatic rings. The molecule has 0 aliphatic carbocycles. The molecule has 1 unspecified atom stereocenters. The van der Waals surface area contributed by atoms with Crippen LogP contribution >= 0.6 is 12.2 Å². The van der Waals surface area contributed by atoms with Crippen molar-refractivity contribution >= 4 is 17.2 Å². The maximum Gasteiger partial charge on any atom is 0.119 e. The molecule has 1 heterocycles. The second-order valence-corrected chi connectivity index (χ2v) is 5.67. The molecule has 1 atom stereocenters. The Kier molecular flexibility index (Phi) is 5.76. The van der Waals surface area contributed by atoms with Crippen LogP contribution in [0.5, 0.6) is 5.75 Å². The van der Waals surface area contributed by atoms with E-state index in [-0.39, 0.29) is 6.61 Å². The lowest BCUT2D eigenvalue weighted by Crippen LogP contribution is -2.39. The fourth-order valence-electron chi connectivity index (χ4n) is 2.51. The van der Waals surface area contributed by atoms with Crippen molar-refractivity contribution in [2.45, 2.75) is 12.8 Å². The van der Waals surface area contributed by atoms with E-state index >= 15 is 0 Å². The minimum atomic E-state index is 0.290. The first-order valence-corrected chi connectivity index (χ1v) is 7.45. The second kappa shape index (κ2) is 7.57. The number of rotatable bonds is 6. The van der Waals surface area contributed by atoms with Crippen LogP contribution in [0, 0.1) is 5.92 Å². The van der Waals surface area contributed by atoms with E-state index in [1.54, 1.807) is 0 Å². The van der Waals surface area contributed by atoms with E-state index in [0.717, 1.165) is 43.8 Å². The molecular weight excluding hydrogens is 272 g/mol. The summed E-state index contributed by atoms with van der Waals surface area (Å²) in [4.78, 5) is 2.76. The van der Waals surface area contributed by atoms with Crippen molar-refractivity contribution in [3.05, 3.63) is 29.8 Å². The molecule has 1 aromatic carbocycles. The van der Waals surface area contributed by atoms with Gasteiger partial charge in [0.05, 0.1) is 0 Å². The lowest BCUT2D eigenvalue weighted by Gasteiger charge is -2.31. The van der Waals surface area contributed by atoms with Crippen LogP contribution in [-0.4, -0.2) is 47.8 Å². The third-order valence-corrected chi connectivity index (χ3v) is 3.91. The summed E-state index contributed by atoms with van der Waals surface area (Å²) in [5.74, 6) is 1.26. The number of aliphatic hydroxyl groups excluding tert-OH is 1. The van der Waals surface area contributed by atoms with Gasteiger partial charge >= 0.3 is 0 Å². The van der Waals surface area contributed by atoms with Gasteiger partial charge in [0.2, 0.25) is 0 Å². The molecule has 0 spiro atoms. The van der Waals surface area contributed by atoms with Crippen molar-refractivity contribution in [3.8, 4) is 5.75 Å². The Morgan fingerprint density at radius 3 is 2.80 bits per heavy atom. The van der Waals surface area contributed by atoms with Gasteiger partial charge in [-0.15, -0.1) is 0 Å². The highest BCUT2D eigenvalue weighted by Gasteiger charge is 2.18. The van der Waals surface area contributed by atoms with Crippen LogP contribution in [-0.2, 0) is 0 Å². The highest BCUT2D eigenvalue weighted by Crippen LogP contribution is 2.16. The Bertz CT molecular complexity index is 436. The quantitative estimate of drug-likeness (QED) is 0.777. The summed E-state index contributed by atoms with van der Waals surface area (Å²) < 4.78 is 5.72. The molecule has 0 amide bonds. The van der Waals surface area contributed by atoms with E-state index in [9.17, 15) is 5.11 Å². The Morgan fingerprint density at radius 1 is 1.40 bits per heavy atom. The molecule has 4 nitrogen and oxygen atoms in total. The van der Waals surface area contributed by atoms with E-state index in [2.05, 4.69) is 4.90 Å². The molecular formula is C15H22N2O2S. The summed E-state index contributed by atoms with van der Waals surface area (Å²) in [5.41, 5.74) is 6.41. The van der Waals surface area contributed by atoms with Crippen molar-refractivity contribution in [1.29, 1.82) is 0 Å². The van der Waals surface area contributed by atoms with Gasteiger partial charge in [0.1, 0.15) is 17.3 Å². The monoisotopic (exact) mass is 294 g/mol. The van der Waals surface area contributed by atoms with Crippen LogP contribution in [0.15, 0.2) is 24.3 Å². The molecule has 5 heteroatoms. The smallest absolute Gasteiger partial charge is 0.119 e. The van der Waals surface area contributed by atoms with Crippen molar-refractivity contribution in [2.24, 2.45) is 11.7 Å². The molecule has 0 radical (unpaired) electrons. The zero-order valence-corrected chi connectivity index (χ0v) is 12.4. The van der Waals surface area contributed by atoms with Crippen molar-refractivity contribution in [1.82, 2.24) is 4.90 Å². The first-order chi connectivity index (χ1) is 9.69. The zero-order valence-electron chi connectivity index (χ0n) is 11.6. The second-order valence-electron chi connectivity index (χ2n) is 5.23. The van der Waals surface area contributed by atoms with E-state index in [1.165, 1.54) is 0 Å². The summed E-state index contributed by atoms with van der Waals surface area (Å²) in [6.45, 7) is 3.91. The van der Waals surface area contributed by atoms with Gasteiger partial charge < -0.3 is 15.6 Å². The molecule has 1 aliphatic heterocycles. The highest BCUT2D eigenvalue weighted by atomic mass is 32.1. The molecule has 20 heavy (non-hydrogen) atoms. The summed E-state index contributed by atoms with van der Waals surface area (Å²) in [7, 11) is 0. The van der Waals surface area contributed by atoms with Crippen LogP contribution < -0.4 is 10.5 Å². The van der Waals surface area contributed by atoms with Gasteiger partial charge in [0.25, 0.3) is 0 Å². The minimum Gasteiger partial charge on any atom is -0.492 e. The van der Waals surface area contributed by atoms with Crippen LogP contribution in [0.25, 0.3) is 0 Å². The number of benzene rings is 1. The largest absolute Gasteiger partial charge is 0.492 e. The number of aliphatic hydroxyl groups is 1. The van der Waals surface area contributed by atoms with Crippen LogP contribution in [0.2, 0.25) is 0 Å². The Labute approximate surface area is 125 Å². The average molecular weight is 294 g/mol. The fraction of sp³-hybridized carbons (Fsp3) is 0.533. The number of likely N-dealkylation sites (tertiary alicyclic amines) is 1. The molecule has 1 aromatic rings. The number of nitrogens with two attached hydrogens (primary N) is 1. The van der Waals surface area contributed by atoms with Crippen LogP contribution in [0.1, 0.15) is 18.4 Å². The van der Waals surface area contributed by atoms with Gasteiger partial charge in [-0.2, -0.15) is 0 Å². The highest BCUT2D eigenvalue weighted by molar-refractivity contribution is 7.80. The summed E-state index contributed by atoms with van der Waals surface area (Å²) in [6, 6.07) is 7.53. The molecule has 2 rings (SSSR count). The Morgan fingerprint density at radius 2 is 2.15 bits per heavy atom. The van der Waals surface area contributed by atoms with Gasteiger partial charge in [0.15, 0.2) is 0 Å². The lowest BCUT2D eigenvalue weighted by molar-refractivity contribution is 0.107. The summed E-state index contributed by atoms with van der Waals surface area (Å²) in [5, 5.41) is 9.20. The van der Waals surface area contributed by atoms with E-state index in [0.29, 0.717) is 17.5 Å². The molecule has 0 saturated carbocycles. The first-order valence-electron chi connectivity index (χ1n) is 7.05. The van der Waals surface area contributed by atoms with Crippen LogP contribution in [0.3, 0.4) is 0 Å². The van der Waals surface area contributed by atoms with Gasteiger partial charge in [-0.25, -0.2) is 0 Å². The number of piperidine rings is 1. The SMILES string of the molecule is NC(=S)c1ccc(OCCN2CCCC(CO)C2)cc1. The number of thiocarbonyl (C=S) groups is 1. The maximum atomic E-state index is 9.20. The maximum absolute atomic E-state index is 9.20. The van der Waals surface area contributed by atoms with Crippen molar-refractivity contribution in [3.63, 3.8) is 0 Å². The Hall–Kier alpha value is -1.17. The summed E-state index contributed by atoms with van der Waals surface area (Å²) >= 11 is 4.91. The van der Waals surface area contributed by atoms with E-state index in [4.69, 9.17) is 22.7 Å². The lowest BCUT2D eigenvalue weighted by atomic mass is 9.99. The van der Waals surface area contributed by atoms with E-state index < -0.39 is 0 Å². The average Bonchev–Trinajstić information content (AvgIpc) is 2.48. The first kappa shape index (κ1) is 15.2. The predicted octanol–water partition coefficient (Wildman–Crippen LogP) is 1.40. The molecule has 0 bridgehead atoms. The molecule has 0 aromatic heterocycles. The Balaban J connectivity index is 1.74.